The quantitative estimate of drug-likeness (QED) is 0.537. The first-order chi connectivity index (χ1) is 16.6. The SMILES string of the molecule is O=C(O)c1cccc(N(CC2CCNCC2)C(=O)OCC2c3ccccc3-c3ccccc32)c1. The van der Waals surface area contributed by atoms with E-state index >= 15 is 0 Å². The molecule has 0 saturated carbocycles. The smallest absolute Gasteiger partial charge is 0.414 e. The summed E-state index contributed by atoms with van der Waals surface area (Å²) in [6, 6.07) is 23.0. The van der Waals surface area contributed by atoms with E-state index in [2.05, 4.69) is 29.6 Å². The summed E-state index contributed by atoms with van der Waals surface area (Å²) < 4.78 is 5.92. The van der Waals surface area contributed by atoms with E-state index in [-0.39, 0.29) is 18.1 Å². The molecular formula is C28H28N2O4. The number of ether oxygens (including phenoxy) is 1. The lowest BCUT2D eigenvalue weighted by Crippen LogP contribution is -2.40. The van der Waals surface area contributed by atoms with Gasteiger partial charge in [0.15, 0.2) is 0 Å². The first-order valence-corrected chi connectivity index (χ1v) is 11.8. The molecule has 3 aromatic rings. The molecule has 6 heteroatoms. The standard InChI is InChI=1S/C28H28N2O4/c31-27(32)20-6-5-7-21(16-20)30(17-19-12-14-29-15-13-19)28(33)34-18-26-24-10-3-1-8-22(24)23-9-2-4-11-25(23)26/h1-11,16,19,26,29H,12-15,17-18H2,(H,31,32). The number of nitrogens with one attached hydrogen (secondary N) is 1. The topological polar surface area (TPSA) is 78.9 Å². The fourth-order valence-corrected chi connectivity index (χ4v) is 5.09. The van der Waals surface area contributed by atoms with Gasteiger partial charge in [0.1, 0.15) is 6.61 Å². The Morgan fingerprint density at radius 1 is 0.912 bits per heavy atom. The molecule has 1 amide bonds. The normalized spacial score (nSPS) is 15.4. The summed E-state index contributed by atoms with van der Waals surface area (Å²) in [5, 5.41) is 12.8. The van der Waals surface area contributed by atoms with Gasteiger partial charge in [0.2, 0.25) is 0 Å². The highest BCUT2D eigenvalue weighted by Gasteiger charge is 2.30. The number of carbonyl (C=O) groups is 2. The van der Waals surface area contributed by atoms with Crippen molar-refractivity contribution in [2.75, 3.05) is 31.1 Å². The Labute approximate surface area is 199 Å². The molecule has 1 heterocycles. The third-order valence-electron chi connectivity index (χ3n) is 6.86. The number of fused-ring (bicyclic) bond motifs is 3. The zero-order valence-corrected chi connectivity index (χ0v) is 18.9. The van der Waals surface area contributed by atoms with E-state index in [0.29, 0.717) is 18.2 Å². The first-order valence-electron chi connectivity index (χ1n) is 11.8. The third-order valence-corrected chi connectivity index (χ3v) is 6.86. The van der Waals surface area contributed by atoms with Gasteiger partial charge in [-0.05, 0) is 72.3 Å². The van der Waals surface area contributed by atoms with Crippen molar-refractivity contribution in [3.8, 4) is 11.1 Å². The summed E-state index contributed by atoms with van der Waals surface area (Å²) >= 11 is 0. The highest BCUT2D eigenvalue weighted by atomic mass is 16.6. The number of hydrogen-bond acceptors (Lipinski definition) is 4. The zero-order valence-electron chi connectivity index (χ0n) is 18.9. The predicted octanol–water partition coefficient (Wildman–Crippen LogP) is 5.14. The molecule has 174 valence electrons. The molecule has 1 aliphatic heterocycles. The number of rotatable bonds is 6. The third kappa shape index (κ3) is 4.41. The molecule has 2 aliphatic rings. The van der Waals surface area contributed by atoms with E-state index in [1.54, 1.807) is 23.1 Å². The maximum atomic E-state index is 13.4. The number of carboxylic acids is 1. The van der Waals surface area contributed by atoms with Gasteiger partial charge in [-0.3, -0.25) is 4.90 Å². The van der Waals surface area contributed by atoms with Gasteiger partial charge < -0.3 is 15.2 Å². The van der Waals surface area contributed by atoms with E-state index in [4.69, 9.17) is 4.74 Å². The predicted molar refractivity (Wildman–Crippen MR) is 131 cm³/mol. The molecule has 6 nitrogen and oxygen atoms in total. The Kier molecular flexibility index (Phi) is 6.32. The van der Waals surface area contributed by atoms with Crippen molar-refractivity contribution in [1.29, 1.82) is 0 Å². The van der Waals surface area contributed by atoms with E-state index < -0.39 is 12.1 Å². The lowest BCUT2D eigenvalue weighted by atomic mass is 9.97. The average molecular weight is 457 g/mol. The Balaban J connectivity index is 1.38. The average Bonchev–Trinajstić information content (AvgIpc) is 3.20. The van der Waals surface area contributed by atoms with Crippen LogP contribution in [0.1, 0.15) is 40.2 Å². The molecule has 0 aromatic heterocycles. The van der Waals surface area contributed by atoms with Crippen LogP contribution in [0.5, 0.6) is 0 Å². The molecule has 34 heavy (non-hydrogen) atoms. The molecule has 0 unspecified atom stereocenters. The minimum Gasteiger partial charge on any atom is -0.478 e. The van der Waals surface area contributed by atoms with Crippen molar-refractivity contribution in [1.82, 2.24) is 5.32 Å². The number of aromatic carboxylic acids is 1. The van der Waals surface area contributed by atoms with Crippen LogP contribution in [0.3, 0.4) is 0 Å². The van der Waals surface area contributed by atoms with Crippen LogP contribution in [0, 0.1) is 5.92 Å². The highest BCUT2D eigenvalue weighted by Crippen LogP contribution is 2.44. The lowest BCUT2D eigenvalue weighted by molar-refractivity contribution is 0.0696. The number of benzene rings is 3. The zero-order chi connectivity index (χ0) is 23.5. The van der Waals surface area contributed by atoms with Gasteiger partial charge in [-0.1, -0.05) is 54.6 Å². The molecule has 5 rings (SSSR count). The summed E-state index contributed by atoms with van der Waals surface area (Å²) in [4.78, 5) is 26.6. The van der Waals surface area contributed by atoms with Crippen molar-refractivity contribution >= 4 is 17.7 Å². The molecule has 1 fully saturated rings. The maximum Gasteiger partial charge on any atom is 0.414 e. The molecule has 3 aromatic carbocycles. The Morgan fingerprint density at radius 2 is 1.56 bits per heavy atom. The van der Waals surface area contributed by atoms with Gasteiger partial charge in [0.05, 0.1) is 5.56 Å². The largest absolute Gasteiger partial charge is 0.478 e. The molecule has 1 saturated heterocycles. The van der Waals surface area contributed by atoms with Crippen molar-refractivity contribution in [3.05, 3.63) is 89.5 Å². The highest BCUT2D eigenvalue weighted by molar-refractivity contribution is 5.92. The van der Waals surface area contributed by atoms with Crippen molar-refractivity contribution in [3.63, 3.8) is 0 Å². The van der Waals surface area contributed by atoms with Crippen LogP contribution < -0.4 is 10.2 Å². The van der Waals surface area contributed by atoms with Gasteiger partial charge in [-0.25, -0.2) is 9.59 Å². The second-order valence-electron chi connectivity index (χ2n) is 8.96. The van der Waals surface area contributed by atoms with Crippen LogP contribution in [-0.4, -0.2) is 43.4 Å². The minimum absolute atomic E-state index is 0.0255. The number of hydrogen-bond donors (Lipinski definition) is 2. The molecule has 0 spiro atoms. The van der Waals surface area contributed by atoms with E-state index in [0.717, 1.165) is 37.1 Å². The number of carbonyl (C=O) groups excluding carboxylic acids is 1. The van der Waals surface area contributed by atoms with Crippen molar-refractivity contribution < 1.29 is 19.4 Å². The Bertz CT molecular complexity index is 1160. The van der Waals surface area contributed by atoms with Gasteiger partial charge >= 0.3 is 12.1 Å². The first kappa shape index (κ1) is 22.2. The van der Waals surface area contributed by atoms with Gasteiger partial charge in [0.25, 0.3) is 0 Å². The van der Waals surface area contributed by atoms with E-state index in [1.807, 2.05) is 24.3 Å². The van der Waals surface area contributed by atoms with E-state index in [9.17, 15) is 14.7 Å². The van der Waals surface area contributed by atoms with E-state index in [1.165, 1.54) is 17.2 Å². The number of carboxylic acid groups (broad SMARTS) is 1. The van der Waals surface area contributed by atoms with Crippen LogP contribution in [0.4, 0.5) is 10.5 Å². The minimum atomic E-state index is -1.02. The second-order valence-corrected chi connectivity index (χ2v) is 8.96. The summed E-state index contributed by atoms with van der Waals surface area (Å²) in [7, 11) is 0. The lowest BCUT2D eigenvalue weighted by Gasteiger charge is -2.30. The van der Waals surface area contributed by atoms with Crippen molar-refractivity contribution in [2.45, 2.75) is 18.8 Å². The van der Waals surface area contributed by atoms with Gasteiger partial charge in [0, 0.05) is 18.2 Å². The maximum absolute atomic E-state index is 13.4. The molecule has 0 atom stereocenters. The number of piperidine rings is 1. The van der Waals surface area contributed by atoms with Crippen molar-refractivity contribution in [2.24, 2.45) is 5.92 Å². The van der Waals surface area contributed by atoms with Crippen LogP contribution in [0.2, 0.25) is 0 Å². The molecule has 0 bridgehead atoms. The van der Waals surface area contributed by atoms with Gasteiger partial charge in [-0.15, -0.1) is 0 Å². The summed E-state index contributed by atoms with van der Waals surface area (Å²) in [6.45, 7) is 2.56. The van der Waals surface area contributed by atoms with Crippen LogP contribution in [0.25, 0.3) is 11.1 Å². The number of anilines is 1. The molecular weight excluding hydrogens is 428 g/mol. The van der Waals surface area contributed by atoms with Crippen LogP contribution in [0.15, 0.2) is 72.8 Å². The van der Waals surface area contributed by atoms with Crippen LogP contribution in [-0.2, 0) is 4.74 Å². The second kappa shape index (κ2) is 9.69. The molecule has 2 N–H and O–H groups in total. The van der Waals surface area contributed by atoms with Crippen LogP contribution >= 0.6 is 0 Å². The number of amides is 1. The fourth-order valence-electron chi connectivity index (χ4n) is 5.09. The summed E-state index contributed by atoms with van der Waals surface area (Å²) in [5.74, 6) is -0.714. The molecule has 1 aliphatic carbocycles. The van der Waals surface area contributed by atoms with Gasteiger partial charge in [-0.2, -0.15) is 0 Å². The monoisotopic (exact) mass is 456 g/mol. The fraction of sp³-hybridized carbons (Fsp3) is 0.286. The summed E-state index contributed by atoms with van der Waals surface area (Å²) in [6.07, 6.45) is 1.49. The summed E-state index contributed by atoms with van der Waals surface area (Å²) in [5.41, 5.74) is 5.39. The molecule has 0 radical (unpaired) electrons. The Hall–Kier alpha value is -3.64. The Morgan fingerprint density at radius 3 is 2.21 bits per heavy atom. The number of nitrogens with zero attached hydrogens (tertiary/aromatic N) is 1.